The molecule has 0 aliphatic carbocycles. The van der Waals surface area contributed by atoms with Crippen LogP contribution in [0.4, 0.5) is 4.79 Å². The van der Waals surface area contributed by atoms with E-state index in [1.807, 2.05) is 30.3 Å². The summed E-state index contributed by atoms with van der Waals surface area (Å²) in [5, 5.41) is 9.18. The molecule has 0 fully saturated rings. The first-order valence-corrected chi connectivity index (χ1v) is 7.30. The van der Waals surface area contributed by atoms with Crippen molar-refractivity contribution in [2.45, 2.75) is 19.6 Å². The fourth-order valence-corrected chi connectivity index (χ4v) is 2.64. The maximum absolute atomic E-state index is 12.2. The standard InChI is InChI=1S/C17H16N2O4/c20-16(21)15-9-18-8-13-10-19(7-6-14(13)15)17(22)23-11-12-4-2-1-3-5-12/h1-5,8-9H,6-7,10-11H2,(H,20,21). The Hall–Kier alpha value is -2.89. The lowest BCUT2D eigenvalue weighted by Gasteiger charge is -2.28. The lowest BCUT2D eigenvalue weighted by molar-refractivity contribution is 0.0694. The van der Waals surface area contributed by atoms with E-state index in [0.29, 0.717) is 19.5 Å². The first-order chi connectivity index (χ1) is 11.1. The van der Waals surface area contributed by atoms with Gasteiger partial charge in [-0.25, -0.2) is 9.59 Å². The molecule has 1 amide bonds. The van der Waals surface area contributed by atoms with Gasteiger partial charge >= 0.3 is 12.1 Å². The monoisotopic (exact) mass is 312 g/mol. The largest absolute Gasteiger partial charge is 0.478 e. The van der Waals surface area contributed by atoms with Gasteiger partial charge in [-0.2, -0.15) is 0 Å². The molecule has 118 valence electrons. The zero-order chi connectivity index (χ0) is 16.2. The Bertz CT molecular complexity index is 731. The Labute approximate surface area is 133 Å². The maximum Gasteiger partial charge on any atom is 0.410 e. The van der Waals surface area contributed by atoms with Gasteiger partial charge in [0.1, 0.15) is 6.61 Å². The molecule has 0 unspecified atom stereocenters. The summed E-state index contributed by atoms with van der Waals surface area (Å²) in [4.78, 5) is 28.9. The minimum absolute atomic E-state index is 0.208. The van der Waals surface area contributed by atoms with Gasteiger partial charge in [-0.3, -0.25) is 4.98 Å². The lowest BCUT2D eigenvalue weighted by Crippen LogP contribution is -2.37. The minimum Gasteiger partial charge on any atom is -0.478 e. The number of carbonyl (C=O) groups excluding carboxylic acids is 1. The molecule has 1 N–H and O–H groups in total. The molecule has 0 radical (unpaired) electrons. The molecule has 2 heterocycles. The average molecular weight is 312 g/mol. The fraction of sp³-hybridized carbons (Fsp3) is 0.235. The van der Waals surface area contributed by atoms with Gasteiger partial charge in [-0.15, -0.1) is 0 Å². The number of hydrogen-bond donors (Lipinski definition) is 1. The van der Waals surface area contributed by atoms with Crippen LogP contribution in [0.5, 0.6) is 0 Å². The minimum atomic E-state index is -0.991. The molecule has 0 bridgehead atoms. The summed E-state index contributed by atoms with van der Waals surface area (Å²) in [5.74, 6) is -0.991. The second kappa shape index (κ2) is 6.48. The van der Waals surface area contributed by atoms with E-state index < -0.39 is 12.1 Å². The van der Waals surface area contributed by atoms with Crippen LogP contribution in [-0.2, 0) is 24.3 Å². The van der Waals surface area contributed by atoms with E-state index in [2.05, 4.69) is 4.98 Å². The van der Waals surface area contributed by atoms with E-state index in [0.717, 1.165) is 16.7 Å². The molecule has 23 heavy (non-hydrogen) atoms. The van der Waals surface area contributed by atoms with Crippen molar-refractivity contribution in [3.8, 4) is 0 Å². The highest BCUT2D eigenvalue weighted by Gasteiger charge is 2.25. The SMILES string of the molecule is O=C(O)c1cncc2c1CCN(C(=O)OCc1ccccc1)C2. The number of carboxylic acid groups (broad SMARTS) is 1. The number of rotatable bonds is 3. The summed E-state index contributed by atoms with van der Waals surface area (Å²) in [6.45, 7) is 0.971. The molecule has 1 aromatic carbocycles. The second-order valence-corrected chi connectivity index (χ2v) is 5.34. The number of aromatic nitrogens is 1. The van der Waals surface area contributed by atoms with Crippen molar-refractivity contribution in [1.29, 1.82) is 0 Å². The number of carbonyl (C=O) groups is 2. The molecular weight excluding hydrogens is 296 g/mol. The molecule has 6 nitrogen and oxygen atoms in total. The molecule has 1 aliphatic rings. The summed E-state index contributed by atoms with van der Waals surface area (Å²) < 4.78 is 5.31. The third kappa shape index (κ3) is 3.31. The number of aromatic carboxylic acids is 1. The Kier molecular flexibility index (Phi) is 4.23. The average Bonchev–Trinajstić information content (AvgIpc) is 2.59. The Morgan fingerprint density at radius 3 is 2.74 bits per heavy atom. The van der Waals surface area contributed by atoms with Gasteiger partial charge in [0.05, 0.1) is 12.1 Å². The first kappa shape index (κ1) is 15.0. The van der Waals surface area contributed by atoms with Gasteiger partial charge in [-0.1, -0.05) is 30.3 Å². The lowest BCUT2D eigenvalue weighted by atomic mass is 9.97. The molecule has 3 rings (SSSR count). The van der Waals surface area contributed by atoms with Gasteiger partial charge in [0, 0.05) is 18.9 Å². The van der Waals surface area contributed by atoms with E-state index in [1.165, 1.54) is 6.20 Å². The van der Waals surface area contributed by atoms with Crippen molar-refractivity contribution in [3.63, 3.8) is 0 Å². The Balaban J connectivity index is 1.66. The number of carboxylic acids is 1. The van der Waals surface area contributed by atoms with Crippen LogP contribution in [0.15, 0.2) is 42.7 Å². The second-order valence-electron chi connectivity index (χ2n) is 5.34. The highest BCUT2D eigenvalue weighted by molar-refractivity contribution is 5.89. The molecule has 0 spiro atoms. The van der Waals surface area contributed by atoms with Crippen molar-refractivity contribution >= 4 is 12.1 Å². The maximum atomic E-state index is 12.2. The molecule has 6 heteroatoms. The van der Waals surface area contributed by atoms with Crippen LogP contribution in [-0.4, -0.2) is 33.6 Å². The van der Waals surface area contributed by atoms with Crippen LogP contribution < -0.4 is 0 Å². The smallest absolute Gasteiger partial charge is 0.410 e. The van der Waals surface area contributed by atoms with Crippen molar-refractivity contribution in [2.75, 3.05) is 6.54 Å². The van der Waals surface area contributed by atoms with Crippen molar-refractivity contribution in [2.24, 2.45) is 0 Å². The predicted octanol–water partition coefficient (Wildman–Crippen LogP) is 2.47. The number of ether oxygens (including phenoxy) is 1. The van der Waals surface area contributed by atoms with Gasteiger partial charge in [-0.05, 0) is 23.1 Å². The van der Waals surface area contributed by atoms with Crippen molar-refractivity contribution < 1.29 is 19.4 Å². The zero-order valence-electron chi connectivity index (χ0n) is 12.4. The summed E-state index contributed by atoms with van der Waals surface area (Å²) in [5.41, 5.74) is 2.64. The number of pyridine rings is 1. The molecule has 0 saturated heterocycles. The molecule has 0 saturated carbocycles. The van der Waals surface area contributed by atoms with Crippen LogP contribution in [0, 0.1) is 0 Å². The fourth-order valence-electron chi connectivity index (χ4n) is 2.64. The number of benzene rings is 1. The quantitative estimate of drug-likeness (QED) is 0.942. The number of hydrogen-bond acceptors (Lipinski definition) is 4. The zero-order valence-corrected chi connectivity index (χ0v) is 12.4. The van der Waals surface area contributed by atoms with E-state index in [1.54, 1.807) is 11.1 Å². The molecule has 1 aliphatic heterocycles. The first-order valence-electron chi connectivity index (χ1n) is 7.30. The Morgan fingerprint density at radius 1 is 1.22 bits per heavy atom. The van der Waals surface area contributed by atoms with E-state index in [-0.39, 0.29) is 12.2 Å². The topological polar surface area (TPSA) is 79.7 Å². The van der Waals surface area contributed by atoms with Gasteiger partial charge in [0.25, 0.3) is 0 Å². The Morgan fingerprint density at radius 2 is 2.00 bits per heavy atom. The number of amides is 1. The predicted molar refractivity (Wildman–Crippen MR) is 81.9 cm³/mol. The highest BCUT2D eigenvalue weighted by atomic mass is 16.6. The van der Waals surface area contributed by atoms with E-state index >= 15 is 0 Å². The summed E-state index contributed by atoms with van der Waals surface area (Å²) in [6.07, 6.45) is 3.04. The summed E-state index contributed by atoms with van der Waals surface area (Å²) >= 11 is 0. The highest BCUT2D eigenvalue weighted by Crippen LogP contribution is 2.22. The number of fused-ring (bicyclic) bond motifs is 1. The van der Waals surface area contributed by atoms with Crippen LogP contribution >= 0.6 is 0 Å². The third-order valence-electron chi connectivity index (χ3n) is 3.83. The van der Waals surface area contributed by atoms with Crippen molar-refractivity contribution in [1.82, 2.24) is 9.88 Å². The molecule has 0 atom stereocenters. The summed E-state index contributed by atoms with van der Waals surface area (Å²) in [6, 6.07) is 9.46. The van der Waals surface area contributed by atoms with Crippen LogP contribution in [0.1, 0.15) is 27.0 Å². The van der Waals surface area contributed by atoms with Gasteiger partial charge in [0.2, 0.25) is 0 Å². The van der Waals surface area contributed by atoms with Gasteiger partial charge < -0.3 is 14.7 Å². The van der Waals surface area contributed by atoms with Crippen molar-refractivity contribution in [3.05, 3.63) is 65.0 Å². The van der Waals surface area contributed by atoms with Crippen LogP contribution in [0.3, 0.4) is 0 Å². The van der Waals surface area contributed by atoms with Crippen LogP contribution in [0.2, 0.25) is 0 Å². The van der Waals surface area contributed by atoms with E-state index in [9.17, 15) is 14.7 Å². The van der Waals surface area contributed by atoms with E-state index in [4.69, 9.17) is 4.74 Å². The molecule has 2 aromatic rings. The number of nitrogens with zero attached hydrogens (tertiary/aromatic N) is 2. The molecular formula is C17H16N2O4. The third-order valence-corrected chi connectivity index (χ3v) is 3.83. The normalized spacial score (nSPS) is 13.3. The van der Waals surface area contributed by atoms with Gasteiger partial charge in [0.15, 0.2) is 0 Å². The summed E-state index contributed by atoms with van der Waals surface area (Å²) in [7, 11) is 0. The molecule has 1 aromatic heterocycles. The van der Waals surface area contributed by atoms with Crippen LogP contribution in [0.25, 0.3) is 0 Å².